The zero-order chi connectivity index (χ0) is 11.4. The van der Waals surface area contributed by atoms with E-state index in [1.807, 2.05) is 36.0 Å². The number of rotatable bonds is 3. The lowest BCUT2D eigenvalue weighted by atomic mass is 10.1. The largest absolute Gasteiger partial charge is 0.298 e. The molecule has 1 aliphatic rings. The van der Waals surface area contributed by atoms with E-state index in [1.165, 1.54) is 5.75 Å². The van der Waals surface area contributed by atoms with Gasteiger partial charge in [0, 0.05) is 28.7 Å². The Morgan fingerprint density at radius 2 is 2.06 bits per heavy atom. The molecule has 2 rings (SSSR count). The van der Waals surface area contributed by atoms with Gasteiger partial charge in [-0.2, -0.15) is 11.8 Å². The molecule has 0 aliphatic carbocycles. The molecular formula is C12H13ClOS2. The molecule has 1 aromatic rings. The molecule has 1 nitrogen and oxygen atoms in total. The summed E-state index contributed by atoms with van der Waals surface area (Å²) in [5.41, 5.74) is 1.06. The van der Waals surface area contributed by atoms with Crippen LogP contribution in [0.25, 0.3) is 0 Å². The maximum atomic E-state index is 12.0. The lowest BCUT2D eigenvalue weighted by Gasteiger charge is -2.19. The summed E-state index contributed by atoms with van der Waals surface area (Å²) < 4.78 is 0. The zero-order valence-corrected chi connectivity index (χ0v) is 11.2. The van der Waals surface area contributed by atoms with Crippen LogP contribution in [0.2, 0.25) is 5.02 Å². The third-order valence-corrected chi connectivity index (χ3v) is 5.52. The van der Waals surface area contributed by atoms with Gasteiger partial charge in [-0.05, 0) is 17.7 Å². The summed E-state index contributed by atoms with van der Waals surface area (Å²) in [5, 5.41) is 0.910. The van der Waals surface area contributed by atoms with Crippen LogP contribution in [0.3, 0.4) is 0 Å². The second-order valence-corrected chi connectivity index (χ2v) is 6.60. The summed E-state index contributed by atoms with van der Waals surface area (Å²) in [7, 11) is 0. The van der Waals surface area contributed by atoms with Crippen molar-refractivity contribution < 1.29 is 4.79 Å². The standard InChI is InChI=1S/C12H13ClOS2/c13-10-3-1-9(2-4-10)7-11(14)12-8-15-5-6-16-12/h1-4,12H,5-8H2. The van der Waals surface area contributed by atoms with Crippen molar-refractivity contribution in [2.45, 2.75) is 11.7 Å². The van der Waals surface area contributed by atoms with Gasteiger partial charge in [0.15, 0.2) is 5.78 Å². The minimum Gasteiger partial charge on any atom is -0.298 e. The van der Waals surface area contributed by atoms with E-state index in [2.05, 4.69) is 0 Å². The van der Waals surface area contributed by atoms with E-state index in [-0.39, 0.29) is 5.25 Å². The average Bonchev–Trinajstić information content (AvgIpc) is 2.33. The van der Waals surface area contributed by atoms with Crippen molar-refractivity contribution in [1.82, 2.24) is 0 Å². The first-order valence-electron chi connectivity index (χ1n) is 5.22. The van der Waals surface area contributed by atoms with Crippen LogP contribution >= 0.6 is 35.1 Å². The Morgan fingerprint density at radius 3 is 2.69 bits per heavy atom. The number of ketones is 1. The molecule has 0 aromatic heterocycles. The van der Waals surface area contributed by atoms with Crippen LogP contribution in [0.4, 0.5) is 0 Å². The van der Waals surface area contributed by atoms with Crippen LogP contribution in [0.1, 0.15) is 5.56 Å². The van der Waals surface area contributed by atoms with Crippen molar-refractivity contribution in [1.29, 1.82) is 0 Å². The second kappa shape index (κ2) is 5.99. The molecule has 1 unspecified atom stereocenters. The van der Waals surface area contributed by atoms with E-state index in [4.69, 9.17) is 11.6 Å². The van der Waals surface area contributed by atoms with E-state index in [9.17, 15) is 4.79 Å². The Morgan fingerprint density at radius 1 is 1.31 bits per heavy atom. The van der Waals surface area contributed by atoms with Gasteiger partial charge in [0.25, 0.3) is 0 Å². The molecule has 1 aliphatic heterocycles. The number of hydrogen-bond donors (Lipinski definition) is 0. The van der Waals surface area contributed by atoms with Crippen LogP contribution in [0.15, 0.2) is 24.3 Å². The maximum Gasteiger partial charge on any atom is 0.151 e. The monoisotopic (exact) mass is 272 g/mol. The van der Waals surface area contributed by atoms with Gasteiger partial charge in [0.1, 0.15) is 0 Å². The lowest BCUT2D eigenvalue weighted by molar-refractivity contribution is -0.117. The minimum atomic E-state index is 0.189. The first kappa shape index (κ1) is 12.3. The molecule has 0 bridgehead atoms. The molecule has 0 spiro atoms. The van der Waals surface area contributed by atoms with E-state index >= 15 is 0 Å². The Balaban J connectivity index is 1.93. The molecule has 1 aromatic carbocycles. The van der Waals surface area contributed by atoms with Gasteiger partial charge in [-0.15, -0.1) is 11.8 Å². The fourth-order valence-corrected chi connectivity index (χ4v) is 4.37. The van der Waals surface area contributed by atoms with Gasteiger partial charge in [-0.3, -0.25) is 4.79 Å². The molecule has 1 saturated heterocycles. The van der Waals surface area contributed by atoms with Crippen molar-refractivity contribution in [2.24, 2.45) is 0 Å². The van der Waals surface area contributed by atoms with Gasteiger partial charge in [0.05, 0.1) is 5.25 Å². The molecule has 4 heteroatoms. The van der Waals surface area contributed by atoms with Crippen LogP contribution in [-0.4, -0.2) is 28.3 Å². The molecule has 0 saturated carbocycles. The summed E-state index contributed by atoms with van der Waals surface area (Å²) in [4.78, 5) is 12.0. The molecule has 1 fully saturated rings. The van der Waals surface area contributed by atoms with Crippen LogP contribution in [0, 0.1) is 0 Å². The highest BCUT2D eigenvalue weighted by atomic mass is 35.5. The first-order chi connectivity index (χ1) is 7.75. The van der Waals surface area contributed by atoms with Gasteiger partial charge in [-0.1, -0.05) is 23.7 Å². The molecule has 0 radical (unpaired) electrons. The lowest BCUT2D eigenvalue weighted by Crippen LogP contribution is -2.25. The van der Waals surface area contributed by atoms with E-state index in [1.54, 1.807) is 11.8 Å². The Hall–Kier alpha value is -0.120. The smallest absolute Gasteiger partial charge is 0.151 e. The van der Waals surface area contributed by atoms with Crippen molar-refractivity contribution in [3.05, 3.63) is 34.9 Å². The highest BCUT2D eigenvalue weighted by Gasteiger charge is 2.21. The Kier molecular flexibility index (Phi) is 4.62. The highest BCUT2D eigenvalue weighted by Crippen LogP contribution is 2.25. The minimum absolute atomic E-state index is 0.189. The van der Waals surface area contributed by atoms with Crippen molar-refractivity contribution in [3.8, 4) is 0 Å². The SMILES string of the molecule is O=C(Cc1ccc(Cl)cc1)C1CSCCS1. The summed E-state index contributed by atoms with van der Waals surface area (Å²) in [6, 6.07) is 7.54. The Labute approximate surface area is 109 Å². The third kappa shape index (κ3) is 3.44. The van der Waals surface area contributed by atoms with E-state index < -0.39 is 0 Å². The van der Waals surface area contributed by atoms with Crippen LogP contribution in [-0.2, 0) is 11.2 Å². The third-order valence-electron chi connectivity index (χ3n) is 2.47. The second-order valence-electron chi connectivity index (χ2n) is 3.70. The van der Waals surface area contributed by atoms with Crippen LogP contribution in [0.5, 0.6) is 0 Å². The predicted octanol–water partition coefficient (Wildman–Crippen LogP) is 3.30. The fraction of sp³-hybridized carbons (Fsp3) is 0.417. The van der Waals surface area contributed by atoms with Gasteiger partial charge < -0.3 is 0 Å². The number of halogens is 1. The topological polar surface area (TPSA) is 17.1 Å². The van der Waals surface area contributed by atoms with Gasteiger partial charge in [0.2, 0.25) is 0 Å². The Bertz CT molecular complexity index is 358. The van der Waals surface area contributed by atoms with E-state index in [0.29, 0.717) is 12.2 Å². The summed E-state index contributed by atoms with van der Waals surface area (Å²) in [6.07, 6.45) is 0.537. The number of hydrogen-bond acceptors (Lipinski definition) is 3. The molecule has 0 N–H and O–H groups in total. The summed E-state index contributed by atoms with van der Waals surface area (Å²) in [6.45, 7) is 0. The predicted molar refractivity (Wildman–Crippen MR) is 73.7 cm³/mol. The normalized spacial score (nSPS) is 20.7. The molecule has 1 heterocycles. The quantitative estimate of drug-likeness (QED) is 0.840. The molecule has 1 atom stereocenters. The molecular weight excluding hydrogens is 260 g/mol. The summed E-state index contributed by atoms with van der Waals surface area (Å²) >= 11 is 9.48. The number of carbonyl (C=O) groups is 1. The zero-order valence-electron chi connectivity index (χ0n) is 8.82. The highest BCUT2D eigenvalue weighted by molar-refractivity contribution is 8.07. The number of carbonyl (C=O) groups excluding carboxylic acids is 1. The molecule has 0 amide bonds. The van der Waals surface area contributed by atoms with Crippen molar-refractivity contribution in [3.63, 3.8) is 0 Å². The van der Waals surface area contributed by atoms with E-state index in [0.717, 1.165) is 22.1 Å². The number of Topliss-reactive ketones (excluding diaryl/α,β-unsaturated/α-hetero) is 1. The number of benzene rings is 1. The van der Waals surface area contributed by atoms with Crippen LogP contribution < -0.4 is 0 Å². The van der Waals surface area contributed by atoms with Crippen molar-refractivity contribution >= 4 is 40.9 Å². The van der Waals surface area contributed by atoms with Crippen molar-refractivity contribution in [2.75, 3.05) is 17.3 Å². The first-order valence-corrected chi connectivity index (χ1v) is 7.80. The molecule has 16 heavy (non-hydrogen) atoms. The maximum absolute atomic E-state index is 12.0. The summed E-state index contributed by atoms with van der Waals surface area (Å²) in [5.74, 6) is 3.59. The average molecular weight is 273 g/mol. The number of thioether (sulfide) groups is 2. The molecule has 86 valence electrons. The van der Waals surface area contributed by atoms with Gasteiger partial charge in [-0.25, -0.2) is 0 Å². The fourth-order valence-electron chi connectivity index (χ4n) is 1.59. The van der Waals surface area contributed by atoms with Gasteiger partial charge >= 0.3 is 0 Å².